The van der Waals surface area contributed by atoms with Gasteiger partial charge in [-0.15, -0.1) is 0 Å². The molecule has 0 N–H and O–H groups in total. The third-order valence-electron chi connectivity index (χ3n) is 2.65. The first-order chi connectivity index (χ1) is 7.42. The van der Waals surface area contributed by atoms with Crippen LogP contribution in [0.5, 0.6) is 0 Å². The average molecular weight is 195 g/mol. The summed E-state index contributed by atoms with van der Waals surface area (Å²) in [4.78, 5) is 0. The van der Waals surface area contributed by atoms with Crippen LogP contribution in [0.15, 0.2) is 60.7 Å². The fourth-order valence-electron chi connectivity index (χ4n) is 1.90. The number of hydrogen-bond acceptors (Lipinski definition) is 0. The van der Waals surface area contributed by atoms with Crippen molar-refractivity contribution in [1.82, 2.24) is 0 Å². The molecule has 0 nitrogen and oxygen atoms in total. The summed E-state index contributed by atoms with van der Waals surface area (Å²) in [6, 6.07) is 21.2. The van der Waals surface area contributed by atoms with Crippen LogP contribution in [0.4, 0.5) is 0 Å². The molecule has 0 unspecified atom stereocenters. The van der Waals surface area contributed by atoms with Crippen molar-refractivity contribution >= 4 is 0 Å². The first-order valence-corrected chi connectivity index (χ1v) is 5.31. The summed E-state index contributed by atoms with van der Waals surface area (Å²) in [6.07, 6.45) is 2.24. The topological polar surface area (TPSA) is 0 Å². The van der Waals surface area contributed by atoms with Crippen molar-refractivity contribution in [1.29, 1.82) is 0 Å². The lowest BCUT2D eigenvalue weighted by atomic mass is 9.89. The Bertz CT molecular complexity index is 349. The summed E-state index contributed by atoms with van der Waals surface area (Å²) >= 11 is 0. The van der Waals surface area contributed by atoms with Gasteiger partial charge in [0.1, 0.15) is 5.92 Å². The van der Waals surface area contributed by atoms with Gasteiger partial charge in [-0.3, -0.25) is 0 Å². The summed E-state index contributed by atoms with van der Waals surface area (Å²) in [5.74, 6) is 0.410. The van der Waals surface area contributed by atoms with Crippen LogP contribution in [0.2, 0.25) is 0 Å². The smallest absolute Gasteiger partial charge is 0.0622 e. The van der Waals surface area contributed by atoms with Crippen molar-refractivity contribution < 1.29 is 0 Å². The van der Waals surface area contributed by atoms with Crippen LogP contribution in [0.25, 0.3) is 0 Å². The Morgan fingerprint density at radius 3 is 1.47 bits per heavy atom. The molecule has 0 saturated carbocycles. The predicted molar refractivity (Wildman–Crippen MR) is 64.7 cm³/mol. The summed E-state index contributed by atoms with van der Waals surface area (Å²) in [5.41, 5.74) is 2.71. The number of hydrogen-bond donors (Lipinski definition) is 0. The summed E-state index contributed by atoms with van der Waals surface area (Å²) in [5, 5.41) is 0. The third-order valence-corrected chi connectivity index (χ3v) is 2.65. The van der Waals surface area contributed by atoms with E-state index in [0.29, 0.717) is 5.92 Å². The fraction of sp³-hybridized carbons (Fsp3) is 0.133. The molecule has 2 aromatic carbocycles. The molecule has 0 radical (unpaired) electrons. The first-order valence-electron chi connectivity index (χ1n) is 5.31. The van der Waals surface area contributed by atoms with Gasteiger partial charge >= 0.3 is 0 Å². The Morgan fingerprint density at radius 2 is 1.13 bits per heavy atom. The summed E-state index contributed by atoms with van der Waals surface area (Å²) in [6.45, 7) is 2.12. The summed E-state index contributed by atoms with van der Waals surface area (Å²) in [7, 11) is 0. The highest BCUT2D eigenvalue weighted by molar-refractivity contribution is 5.34. The van der Waals surface area contributed by atoms with Gasteiger partial charge in [-0.2, -0.15) is 0 Å². The molecule has 0 aliphatic carbocycles. The molecule has 0 aromatic heterocycles. The van der Waals surface area contributed by atoms with E-state index in [0.717, 1.165) is 0 Å². The standard InChI is InChI=1S/C15H15/c1-2-15(13-9-5-3-6-10-13)14-11-7-4-8-12-14/h2-12,15H,1H3/q+1. The van der Waals surface area contributed by atoms with Crippen LogP contribution >= 0.6 is 0 Å². The molecule has 0 aliphatic heterocycles. The maximum atomic E-state index is 2.24. The molecule has 0 spiro atoms. The van der Waals surface area contributed by atoms with Crippen LogP contribution in [-0.4, -0.2) is 0 Å². The van der Waals surface area contributed by atoms with E-state index in [1.165, 1.54) is 11.1 Å². The van der Waals surface area contributed by atoms with Gasteiger partial charge < -0.3 is 0 Å². The van der Waals surface area contributed by atoms with Gasteiger partial charge in [-0.05, 0) is 0 Å². The lowest BCUT2D eigenvalue weighted by molar-refractivity contribution is 0.941. The molecule has 0 amide bonds. The molecule has 0 heteroatoms. The minimum absolute atomic E-state index is 0.410. The minimum atomic E-state index is 0.410. The van der Waals surface area contributed by atoms with Crippen LogP contribution in [0.1, 0.15) is 24.0 Å². The van der Waals surface area contributed by atoms with Crippen molar-refractivity contribution in [2.45, 2.75) is 12.8 Å². The zero-order valence-electron chi connectivity index (χ0n) is 8.93. The highest BCUT2D eigenvalue weighted by Crippen LogP contribution is 2.26. The normalized spacial score (nSPS) is 10.3. The number of benzene rings is 2. The van der Waals surface area contributed by atoms with E-state index in [4.69, 9.17) is 0 Å². The molecular formula is C15H15+. The zero-order chi connectivity index (χ0) is 10.5. The molecule has 0 atom stereocenters. The van der Waals surface area contributed by atoms with E-state index in [-0.39, 0.29) is 0 Å². The largest absolute Gasteiger partial charge is 0.147 e. The van der Waals surface area contributed by atoms with E-state index in [2.05, 4.69) is 74.0 Å². The van der Waals surface area contributed by atoms with Gasteiger partial charge in [-0.1, -0.05) is 60.7 Å². The molecule has 0 saturated heterocycles. The lowest BCUT2D eigenvalue weighted by Gasteiger charge is -2.08. The van der Waals surface area contributed by atoms with Crippen LogP contribution < -0.4 is 0 Å². The second kappa shape index (κ2) is 4.70. The van der Waals surface area contributed by atoms with Gasteiger partial charge in [-0.25, -0.2) is 0 Å². The maximum Gasteiger partial charge on any atom is 0.147 e. The quantitative estimate of drug-likeness (QED) is 0.648. The number of rotatable bonds is 3. The Balaban J connectivity index is 2.34. The monoisotopic (exact) mass is 195 g/mol. The molecule has 15 heavy (non-hydrogen) atoms. The molecule has 0 aliphatic rings. The Labute approximate surface area is 91.6 Å². The SMILES string of the molecule is C[CH+]C(c1ccccc1)c1ccccc1. The Hall–Kier alpha value is -1.69. The second-order valence-electron chi connectivity index (χ2n) is 3.63. The zero-order valence-corrected chi connectivity index (χ0v) is 8.93. The van der Waals surface area contributed by atoms with Gasteiger partial charge in [0.25, 0.3) is 0 Å². The third kappa shape index (κ3) is 2.21. The van der Waals surface area contributed by atoms with E-state index in [1.54, 1.807) is 0 Å². The maximum absolute atomic E-state index is 2.24. The van der Waals surface area contributed by atoms with Crippen molar-refractivity contribution in [3.63, 3.8) is 0 Å². The molecule has 0 bridgehead atoms. The molecular weight excluding hydrogens is 180 g/mol. The van der Waals surface area contributed by atoms with Gasteiger partial charge in [0, 0.05) is 11.1 Å². The molecule has 2 aromatic rings. The highest BCUT2D eigenvalue weighted by atomic mass is 14.1. The van der Waals surface area contributed by atoms with Crippen molar-refractivity contribution in [2.24, 2.45) is 0 Å². The summed E-state index contributed by atoms with van der Waals surface area (Å²) < 4.78 is 0. The first kappa shape index (κ1) is 9.85. The van der Waals surface area contributed by atoms with Crippen LogP contribution in [-0.2, 0) is 0 Å². The van der Waals surface area contributed by atoms with E-state index in [1.807, 2.05) is 0 Å². The van der Waals surface area contributed by atoms with Crippen LogP contribution in [0.3, 0.4) is 0 Å². The van der Waals surface area contributed by atoms with Crippen molar-refractivity contribution in [2.75, 3.05) is 0 Å². The predicted octanol–water partition coefficient (Wildman–Crippen LogP) is 4.04. The average Bonchev–Trinajstić information content (AvgIpc) is 2.33. The van der Waals surface area contributed by atoms with Crippen molar-refractivity contribution in [3.8, 4) is 0 Å². The molecule has 0 fully saturated rings. The van der Waals surface area contributed by atoms with Gasteiger partial charge in [0.2, 0.25) is 0 Å². The van der Waals surface area contributed by atoms with Crippen LogP contribution in [0, 0.1) is 6.42 Å². The molecule has 2 rings (SSSR count). The Morgan fingerprint density at radius 1 is 0.733 bits per heavy atom. The highest BCUT2D eigenvalue weighted by Gasteiger charge is 2.18. The van der Waals surface area contributed by atoms with E-state index < -0.39 is 0 Å². The van der Waals surface area contributed by atoms with Gasteiger partial charge in [0.15, 0.2) is 0 Å². The van der Waals surface area contributed by atoms with E-state index in [9.17, 15) is 0 Å². The van der Waals surface area contributed by atoms with Crippen molar-refractivity contribution in [3.05, 3.63) is 78.2 Å². The molecule has 0 heterocycles. The lowest BCUT2D eigenvalue weighted by Crippen LogP contribution is -1.99. The van der Waals surface area contributed by atoms with Gasteiger partial charge in [0.05, 0.1) is 13.3 Å². The second-order valence-corrected chi connectivity index (χ2v) is 3.63. The Kier molecular flexibility index (Phi) is 3.08. The fourth-order valence-corrected chi connectivity index (χ4v) is 1.90. The molecule has 74 valence electrons. The van der Waals surface area contributed by atoms with E-state index >= 15 is 0 Å². The minimum Gasteiger partial charge on any atom is -0.0622 e.